The zero-order valence-electron chi connectivity index (χ0n) is 10.1. The number of hydrogen-bond acceptors (Lipinski definition) is 5. The fourth-order valence-electron chi connectivity index (χ4n) is 1.61. The van der Waals surface area contributed by atoms with Crippen molar-refractivity contribution in [2.24, 2.45) is 0 Å². The highest BCUT2D eigenvalue weighted by atomic mass is 16.5. The number of H-pyrrole nitrogens is 1. The predicted octanol–water partition coefficient (Wildman–Crippen LogP) is 0.985. The SMILES string of the molecule is CCOC(=O)C(C)c1nc2ncccc2[nH]c1=O. The van der Waals surface area contributed by atoms with Crippen molar-refractivity contribution in [2.45, 2.75) is 19.8 Å². The minimum Gasteiger partial charge on any atom is -0.465 e. The normalized spacial score (nSPS) is 12.3. The molecule has 94 valence electrons. The Morgan fingerprint density at radius 3 is 3.06 bits per heavy atom. The van der Waals surface area contributed by atoms with Crippen molar-refractivity contribution in [2.75, 3.05) is 6.61 Å². The number of esters is 1. The third-order valence-corrected chi connectivity index (χ3v) is 2.54. The highest BCUT2D eigenvalue weighted by molar-refractivity contribution is 5.78. The van der Waals surface area contributed by atoms with Gasteiger partial charge in [-0.25, -0.2) is 9.97 Å². The minimum atomic E-state index is -0.708. The van der Waals surface area contributed by atoms with Crippen molar-refractivity contribution in [1.29, 1.82) is 0 Å². The van der Waals surface area contributed by atoms with E-state index >= 15 is 0 Å². The van der Waals surface area contributed by atoms with Crippen LogP contribution in [0.25, 0.3) is 11.2 Å². The van der Waals surface area contributed by atoms with Crippen molar-refractivity contribution < 1.29 is 9.53 Å². The molecular weight excluding hydrogens is 234 g/mol. The Kier molecular flexibility index (Phi) is 3.36. The maximum atomic E-state index is 11.8. The van der Waals surface area contributed by atoms with E-state index in [9.17, 15) is 9.59 Å². The number of pyridine rings is 1. The number of ether oxygens (including phenoxy) is 1. The van der Waals surface area contributed by atoms with Gasteiger partial charge in [-0.15, -0.1) is 0 Å². The zero-order chi connectivity index (χ0) is 13.1. The first kappa shape index (κ1) is 12.2. The molecule has 0 aliphatic heterocycles. The van der Waals surface area contributed by atoms with Crippen molar-refractivity contribution in [3.05, 3.63) is 34.4 Å². The molecule has 1 atom stereocenters. The van der Waals surface area contributed by atoms with Gasteiger partial charge >= 0.3 is 5.97 Å². The van der Waals surface area contributed by atoms with Crippen LogP contribution in [0.5, 0.6) is 0 Å². The first-order chi connectivity index (χ1) is 8.63. The van der Waals surface area contributed by atoms with Gasteiger partial charge in [0.15, 0.2) is 5.65 Å². The molecule has 0 saturated heterocycles. The molecule has 2 rings (SSSR count). The lowest BCUT2D eigenvalue weighted by molar-refractivity contribution is -0.144. The summed E-state index contributed by atoms with van der Waals surface area (Å²) in [5.41, 5.74) is 0.682. The topological polar surface area (TPSA) is 84.9 Å². The monoisotopic (exact) mass is 247 g/mol. The Labute approximate surface area is 103 Å². The average Bonchev–Trinajstić information content (AvgIpc) is 2.37. The standard InChI is InChI=1S/C12H13N3O3/c1-3-18-12(17)7(2)9-11(16)14-8-5-4-6-13-10(8)15-9/h4-7H,3H2,1-2H3,(H,14,16). The van der Waals surface area contributed by atoms with E-state index in [1.54, 1.807) is 32.2 Å². The molecule has 6 heteroatoms. The van der Waals surface area contributed by atoms with Crippen molar-refractivity contribution in [3.8, 4) is 0 Å². The van der Waals surface area contributed by atoms with Gasteiger partial charge < -0.3 is 9.72 Å². The van der Waals surface area contributed by atoms with Gasteiger partial charge in [0.2, 0.25) is 0 Å². The van der Waals surface area contributed by atoms with Crippen LogP contribution in [0.15, 0.2) is 23.1 Å². The lowest BCUT2D eigenvalue weighted by Crippen LogP contribution is -2.24. The van der Waals surface area contributed by atoms with Gasteiger partial charge in [-0.2, -0.15) is 0 Å². The molecule has 0 radical (unpaired) electrons. The summed E-state index contributed by atoms with van der Waals surface area (Å²) in [5.74, 6) is -1.18. The summed E-state index contributed by atoms with van der Waals surface area (Å²) >= 11 is 0. The highest BCUT2D eigenvalue weighted by Crippen LogP contribution is 2.12. The fraction of sp³-hybridized carbons (Fsp3) is 0.333. The molecule has 2 aromatic rings. The number of rotatable bonds is 3. The van der Waals surface area contributed by atoms with E-state index in [4.69, 9.17) is 4.74 Å². The molecule has 0 spiro atoms. The van der Waals surface area contributed by atoms with Crippen LogP contribution in [-0.2, 0) is 9.53 Å². The number of carbonyl (C=O) groups excluding carboxylic acids is 1. The van der Waals surface area contributed by atoms with Crippen LogP contribution >= 0.6 is 0 Å². The Bertz CT molecular complexity index is 636. The number of aromatic amines is 1. The fourth-order valence-corrected chi connectivity index (χ4v) is 1.61. The lowest BCUT2D eigenvalue weighted by atomic mass is 10.1. The molecule has 2 heterocycles. The maximum Gasteiger partial charge on any atom is 0.314 e. The van der Waals surface area contributed by atoms with Gasteiger partial charge in [-0.3, -0.25) is 9.59 Å². The number of fused-ring (bicyclic) bond motifs is 1. The average molecular weight is 247 g/mol. The summed E-state index contributed by atoms with van der Waals surface area (Å²) in [7, 11) is 0. The molecule has 18 heavy (non-hydrogen) atoms. The second-order valence-electron chi connectivity index (χ2n) is 3.80. The largest absolute Gasteiger partial charge is 0.465 e. The van der Waals surface area contributed by atoms with Gasteiger partial charge in [0.05, 0.1) is 12.1 Å². The molecule has 0 aliphatic carbocycles. The Morgan fingerprint density at radius 1 is 1.56 bits per heavy atom. The number of carbonyl (C=O) groups is 1. The zero-order valence-corrected chi connectivity index (χ0v) is 10.1. The van der Waals surface area contributed by atoms with Gasteiger partial charge in [-0.1, -0.05) is 0 Å². The smallest absolute Gasteiger partial charge is 0.314 e. The van der Waals surface area contributed by atoms with E-state index in [0.29, 0.717) is 11.2 Å². The Hall–Kier alpha value is -2.24. The predicted molar refractivity (Wildman–Crippen MR) is 65.2 cm³/mol. The minimum absolute atomic E-state index is 0.125. The van der Waals surface area contributed by atoms with E-state index < -0.39 is 17.4 Å². The summed E-state index contributed by atoms with van der Waals surface area (Å²) in [6.07, 6.45) is 1.58. The van der Waals surface area contributed by atoms with Crippen LogP contribution in [0, 0.1) is 0 Å². The molecule has 0 fully saturated rings. The second kappa shape index (κ2) is 4.95. The van der Waals surface area contributed by atoms with Crippen LogP contribution in [0.3, 0.4) is 0 Å². The van der Waals surface area contributed by atoms with Gasteiger partial charge in [0, 0.05) is 6.20 Å². The third kappa shape index (κ3) is 2.22. The van der Waals surface area contributed by atoms with Gasteiger partial charge in [-0.05, 0) is 26.0 Å². The molecule has 0 bridgehead atoms. The molecule has 0 saturated carbocycles. The summed E-state index contributed by atoms with van der Waals surface area (Å²) < 4.78 is 4.87. The second-order valence-corrected chi connectivity index (χ2v) is 3.80. The Balaban J connectivity index is 2.47. The van der Waals surface area contributed by atoms with Crippen molar-refractivity contribution in [1.82, 2.24) is 15.0 Å². The summed E-state index contributed by atoms with van der Waals surface area (Å²) in [6.45, 7) is 3.57. The molecule has 0 aliphatic rings. The molecule has 6 nitrogen and oxygen atoms in total. The van der Waals surface area contributed by atoms with Crippen molar-refractivity contribution in [3.63, 3.8) is 0 Å². The summed E-state index contributed by atoms with van der Waals surface area (Å²) in [4.78, 5) is 34.2. The molecule has 0 aromatic carbocycles. The van der Waals surface area contributed by atoms with Gasteiger partial charge in [0.1, 0.15) is 11.6 Å². The molecule has 0 amide bonds. The quantitative estimate of drug-likeness (QED) is 0.817. The van der Waals surface area contributed by atoms with Crippen molar-refractivity contribution >= 4 is 17.1 Å². The Morgan fingerprint density at radius 2 is 2.33 bits per heavy atom. The van der Waals surface area contributed by atoms with E-state index in [1.807, 2.05) is 0 Å². The molecule has 2 aromatic heterocycles. The number of aromatic nitrogens is 3. The molecule has 1 N–H and O–H groups in total. The lowest BCUT2D eigenvalue weighted by Gasteiger charge is -2.09. The summed E-state index contributed by atoms with van der Waals surface area (Å²) in [6, 6.07) is 3.41. The number of nitrogens with one attached hydrogen (secondary N) is 1. The van der Waals surface area contributed by atoms with Crippen LogP contribution in [0.2, 0.25) is 0 Å². The van der Waals surface area contributed by atoms with E-state index in [0.717, 1.165) is 0 Å². The highest BCUT2D eigenvalue weighted by Gasteiger charge is 2.21. The molecule has 1 unspecified atom stereocenters. The first-order valence-corrected chi connectivity index (χ1v) is 5.65. The van der Waals surface area contributed by atoms with Crippen LogP contribution in [0.1, 0.15) is 25.5 Å². The van der Waals surface area contributed by atoms with E-state index in [-0.39, 0.29) is 12.3 Å². The van der Waals surface area contributed by atoms with Crippen LogP contribution in [0.4, 0.5) is 0 Å². The van der Waals surface area contributed by atoms with Gasteiger partial charge in [0.25, 0.3) is 5.56 Å². The summed E-state index contributed by atoms with van der Waals surface area (Å²) in [5, 5.41) is 0. The van der Waals surface area contributed by atoms with Crippen LogP contribution < -0.4 is 5.56 Å². The molecular formula is C12H13N3O3. The first-order valence-electron chi connectivity index (χ1n) is 5.65. The number of nitrogens with zero attached hydrogens (tertiary/aromatic N) is 2. The third-order valence-electron chi connectivity index (χ3n) is 2.54. The van der Waals surface area contributed by atoms with E-state index in [2.05, 4.69) is 15.0 Å². The van der Waals surface area contributed by atoms with Crippen LogP contribution in [-0.4, -0.2) is 27.5 Å². The number of hydrogen-bond donors (Lipinski definition) is 1. The maximum absolute atomic E-state index is 11.8. The van der Waals surface area contributed by atoms with E-state index in [1.165, 1.54) is 0 Å².